The fraction of sp³-hybridized carbons (Fsp3) is 0.0476. The molecule has 6 nitrogen and oxygen atoms in total. The lowest BCUT2D eigenvalue weighted by molar-refractivity contribution is -0.384. The van der Waals surface area contributed by atoms with Crippen molar-refractivity contribution in [2.24, 2.45) is 0 Å². The van der Waals surface area contributed by atoms with Gasteiger partial charge < -0.3 is 4.42 Å². The van der Waals surface area contributed by atoms with Crippen molar-refractivity contribution in [2.45, 2.75) is 6.18 Å². The number of nitro benzene ring substituents is 1. The highest BCUT2D eigenvalue weighted by Gasteiger charge is 2.36. The molecular weight excluding hydrogens is 501 g/mol. The van der Waals surface area contributed by atoms with Gasteiger partial charge in [0, 0.05) is 23.8 Å². The molecule has 2 heterocycles. The van der Waals surface area contributed by atoms with Crippen LogP contribution in [0.2, 0.25) is 5.02 Å². The highest BCUT2D eigenvalue weighted by Crippen LogP contribution is 2.39. The molecule has 0 spiro atoms. The molecule has 4 rings (SSSR count). The molecule has 0 bridgehead atoms. The highest BCUT2D eigenvalue weighted by atomic mass is 35.5. The largest absolute Gasteiger partial charge is 0.457 e. The summed E-state index contributed by atoms with van der Waals surface area (Å²) in [5.41, 5.74) is -0.780. The Morgan fingerprint density at radius 3 is 2.61 bits per heavy atom. The van der Waals surface area contributed by atoms with Gasteiger partial charge in [-0.1, -0.05) is 41.6 Å². The second-order valence-electron chi connectivity index (χ2n) is 6.69. The van der Waals surface area contributed by atoms with Crippen molar-refractivity contribution in [3.63, 3.8) is 0 Å². The number of carbonyl (C=O) groups is 1. The third-order valence-corrected chi connectivity index (χ3v) is 6.18. The van der Waals surface area contributed by atoms with E-state index >= 15 is 0 Å². The quantitative estimate of drug-likeness (QED) is 0.164. The van der Waals surface area contributed by atoms with Crippen LogP contribution in [0.1, 0.15) is 11.3 Å². The molecule has 33 heavy (non-hydrogen) atoms. The number of non-ortho nitro benzene ring substituents is 1. The molecule has 12 heteroatoms. The van der Waals surface area contributed by atoms with Crippen LogP contribution in [-0.2, 0) is 11.0 Å². The summed E-state index contributed by atoms with van der Waals surface area (Å²) in [5, 5.41) is 11.3. The average molecular weight is 511 g/mol. The maximum atomic E-state index is 13.0. The first-order valence-electron chi connectivity index (χ1n) is 9.04. The van der Waals surface area contributed by atoms with Gasteiger partial charge in [-0.2, -0.15) is 13.2 Å². The number of amides is 1. The van der Waals surface area contributed by atoms with Crippen molar-refractivity contribution in [3.05, 3.63) is 86.0 Å². The number of hydrogen-bond donors (Lipinski definition) is 0. The Morgan fingerprint density at radius 1 is 1.15 bits per heavy atom. The first-order valence-corrected chi connectivity index (χ1v) is 10.6. The zero-order valence-electron chi connectivity index (χ0n) is 16.1. The lowest BCUT2D eigenvalue weighted by Crippen LogP contribution is -2.27. The number of alkyl halides is 3. The summed E-state index contributed by atoms with van der Waals surface area (Å²) in [6.45, 7) is 0. The molecule has 0 radical (unpaired) electrons. The fourth-order valence-corrected chi connectivity index (χ4v) is 4.52. The van der Waals surface area contributed by atoms with E-state index in [1.54, 1.807) is 0 Å². The number of halogens is 4. The normalized spacial score (nSPS) is 15.5. The number of carbonyl (C=O) groups excluding carboxylic acids is 1. The Kier molecular flexibility index (Phi) is 6.04. The van der Waals surface area contributed by atoms with E-state index in [-0.39, 0.29) is 37.1 Å². The smallest absolute Gasteiger partial charge is 0.416 e. The maximum Gasteiger partial charge on any atom is 0.416 e. The number of furan rings is 1. The molecule has 1 aliphatic rings. The number of thioether (sulfide) groups is 1. The SMILES string of the molecule is O=C1/C(=C\c2ccc(-c3cc([N+](=O)[O-])ccc3Cl)o2)SC(=S)N1c1cccc(C(F)(F)F)c1. The second-order valence-corrected chi connectivity index (χ2v) is 8.77. The Balaban J connectivity index is 1.63. The number of nitro groups is 1. The third-order valence-electron chi connectivity index (χ3n) is 4.55. The zero-order chi connectivity index (χ0) is 23.9. The van der Waals surface area contributed by atoms with E-state index < -0.39 is 22.6 Å². The van der Waals surface area contributed by atoms with Gasteiger partial charge in [-0.3, -0.25) is 19.8 Å². The van der Waals surface area contributed by atoms with Crippen LogP contribution in [0.5, 0.6) is 0 Å². The van der Waals surface area contributed by atoms with Crippen LogP contribution < -0.4 is 4.90 Å². The lowest BCUT2D eigenvalue weighted by Gasteiger charge is -2.16. The Bertz CT molecular complexity index is 1340. The summed E-state index contributed by atoms with van der Waals surface area (Å²) in [5.74, 6) is -0.129. The molecule has 1 aromatic heterocycles. The van der Waals surface area contributed by atoms with Gasteiger partial charge in [-0.25, -0.2) is 0 Å². The molecule has 168 valence electrons. The van der Waals surface area contributed by atoms with Gasteiger partial charge in [-0.05, 0) is 36.4 Å². The molecule has 0 unspecified atom stereocenters. The van der Waals surface area contributed by atoms with Crippen molar-refractivity contribution in [3.8, 4) is 11.3 Å². The van der Waals surface area contributed by atoms with Gasteiger partial charge in [-0.15, -0.1) is 0 Å². The van der Waals surface area contributed by atoms with Crippen LogP contribution in [0, 0.1) is 10.1 Å². The van der Waals surface area contributed by atoms with Gasteiger partial charge >= 0.3 is 6.18 Å². The second kappa shape index (κ2) is 8.65. The van der Waals surface area contributed by atoms with E-state index in [2.05, 4.69) is 0 Å². The Labute approximate surface area is 198 Å². The first kappa shape index (κ1) is 23.0. The van der Waals surface area contributed by atoms with Gasteiger partial charge in [0.2, 0.25) is 0 Å². The number of anilines is 1. The van der Waals surface area contributed by atoms with Crippen molar-refractivity contribution in [2.75, 3.05) is 4.90 Å². The van der Waals surface area contributed by atoms with Crippen LogP contribution in [0.3, 0.4) is 0 Å². The summed E-state index contributed by atoms with van der Waals surface area (Å²) in [6, 6.07) is 11.3. The van der Waals surface area contributed by atoms with E-state index in [4.69, 9.17) is 28.2 Å². The van der Waals surface area contributed by atoms with Crippen molar-refractivity contribution >= 4 is 63.3 Å². The summed E-state index contributed by atoms with van der Waals surface area (Å²) in [7, 11) is 0. The minimum Gasteiger partial charge on any atom is -0.457 e. The third kappa shape index (κ3) is 4.65. The van der Waals surface area contributed by atoms with Crippen molar-refractivity contribution in [1.82, 2.24) is 0 Å². The maximum absolute atomic E-state index is 13.0. The number of benzene rings is 2. The molecule has 0 saturated carbocycles. The molecule has 0 aliphatic carbocycles. The van der Waals surface area contributed by atoms with E-state index in [1.807, 2.05) is 0 Å². The van der Waals surface area contributed by atoms with Gasteiger partial charge in [0.05, 0.1) is 26.1 Å². The molecule has 1 saturated heterocycles. The number of thiocarbonyl (C=S) groups is 1. The van der Waals surface area contributed by atoms with Crippen LogP contribution >= 0.6 is 35.6 Å². The van der Waals surface area contributed by atoms with E-state index in [0.717, 1.165) is 28.8 Å². The summed E-state index contributed by atoms with van der Waals surface area (Å²) in [4.78, 5) is 24.5. The molecule has 1 aliphatic heterocycles. The predicted octanol–water partition coefficient (Wildman–Crippen LogP) is 6.93. The molecule has 1 fully saturated rings. The lowest BCUT2D eigenvalue weighted by atomic mass is 10.1. The van der Waals surface area contributed by atoms with Gasteiger partial charge in [0.1, 0.15) is 11.5 Å². The summed E-state index contributed by atoms with van der Waals surface area (Å²) in [6.07, 6.45) is -3.17. The minimum atomic E-state index is -4.56. The molecule has 0 N–H and O–H groups in total. The van der Waals surface area contributed by atoms with Crippen LogP contribution in [-0.4, -0.2) is 15.2 Å². The van der Waals surface area contributed by atoms with E-state index in [0.29, 0.717) is 5.56 Å². The Hall–Kier alpha value is -3.15. The topological polar surface area (TPSA) is 76.6 Å². The highest BCUT2D eigenvalue weighted by molar-refractivity contribution is 8.27. The number of hydrogen-bond acceptors (Lipinski definition) is 6. The van der Waals surface area contributed by atoms with Gasteiger partial charge in [0.25, 0.3) is 11.6 Å². The van der Waals surface area contributed by atoms with Crippen molar-refractivity contribution < 1.29 is 27.3 Å². The predicted molar refractivity (Wildman–Crippen MR) is 123 cm³/mol. The van der Waals surface area contributed by atoms with Crippen LogP contribution in [0.25, 0.3) is 17.4 Å². The van der Waals surface area contributed by atoms with Crippen LogP contribution in [0.4, 0.5) is 24.5 Å². The molecule has 1 amide bonds. The molecule has 0 atom stereocenters. The molecule has 2 aromatic carbocycles. The molecular formula is C21H10ClF3N2O4S2. The number of nitrogens with zero attached hydrogens (tertiary/aromatic N) is 2. The number of rotatable bonds is 4. The van der Waals surface area contributed by atoms with Crippen molar-refractivity contribution in [1.29, 1.82) is 0 Å². The minimum absolute atomic E-state index is 0.000708. The first-order chi connectivity index (χ1) is 15.5. The average Bonchev–Trinajstić information content (AvgIpc) is 3.32. The summed E-state index contributed by atoms with van der Waals surface area (Å²) < 4.78 is 44.9. The zero-order valence-corrected chi connectivity index (χ0v) is 18.5. The van der Waals surface area contributed by atoms with Crippen LogP contribution in [0.15, 0.2) is 63.9 Å². The molecule has 3 aromatic rings. The summed E-state index contributed by atoms with van der Waals surface area (Å²) >= 11 is 12.2. The monoisotopic (exact) mass is 510 g/mol. The Morgan fingerprint density at radius 2 is 1.91 bits per heavy atom. The van der Waals surface area contributed by atoms with E-state index in [9.17, 15) is 28.1 Å². The standard InChI is InChI=1S/C21H10ClF3N2O4S2/c22-16-6-4-13(27(29)30)9-15(16)17-7-5-14(31-17)10-18-19(28)26(20(32)33-18)12-3-1-2-11(8-12)21(23,24)25/h1-10H/b18-10+. The fourth-order valence-electron chi connectivity index (χ4n) is 3.03. The van der Waals surface area contributed by atoms with Gasteiger partial charge in [0.15, 0.2) is 4.32 Å². The van der Waals surface area contributed by atoms with E-state index in [1.165, 1.54) is 48.5 Å².